The van der Waals surface area contributed by atoms with Gasteiger partial charge in [0.05, 0.1) is 18.2 Å². The molecule has 0 amide bonds. The average Bonchev–Trinajstić information content (AvgIpc) is 2.91. The maximum Gasteiger partial charge on any atom is 0.139 e. The Balaban J connectivity index is 2.11. The first kappa shape index (κ1) is 13.8. The van der Waals surface area contributed by atoms with Crippen molar-refractivity contribution in [1.82, 2.24) is 4.98 Å². The molecule has 0 N–H and O–H groups in total. The lowest BCUT2D eigenvalue weighted by Gasteiger charge is -2.05. The van der Waals surface area contributed by atoms with Crippen LogP contribution in [0.5, 0.6) is 5.75 Å². The van der Waals surface area contributed by atoms with Gasteiger partial charge in [0, 0.05) is 22.7 Å². The van der Waals surface area contributed by atoms with Crippen LogP contribution in [0.1, 0.15) is 11.3 Å². The molecule has 0 fully saturated rings. The highest BCUT2D eigenvalue weighted by molar-refractivity contribution is 6.11. The molecule has 114 valence electrons. The predicted molar refractivity (Wildman–Crippen MR) is 93.0 cm³/mol. The predicted octanol–water partition coefficient (Wildman–Crippen LogP) is 5.27. The van der Waals surface area contributed by atoms with E-state index in [4.69, 9.17) is 14.1 Å². The van der Waals surface area contributed by atoms with Crippen LogP contribution >= 0.6 is 0 Å². The number of fused-ring (bicyclic) bond motifs is 3. The van der Waals surface area contributed by atoms with E-state index in [1.54, 1.807) is 7.11 Å². The topological polar surface area (TPSA) is 35.3 Å². The van der Waals surface area contributed by atoms with Crippen molar-refractivity contribution >= 4 is 21.9 Å². The SMILES string of the molecule is COc1ccc2oc3cc(C)nc(-c4ccc(C)cc4)c3c2c1. The Morgan fingerprint density at radius 2 is 1.70 bits per heavy atom. The molecule has 2 aromatic heterocycles. The third-order valence-electron chi connectivity index (χ3n) is 4.11. The van der Waals surface area contributed by atoms with Gasteiger partial charge in [-0.15, -0.1) is 0 Å². The Labute approximate surface area is 134 Å². The molecular weight excluding hydrogens is 286 g/mol. The normalized spacial score (nSPS) is 11.3. The number of nitrogens with zero attached hydrogens (tertiary/aromatic N) is 1. The number of benzene rings is 2. The van der Waals surface area contributed by atoms with Crippen molar-refractivity contribution in [2.75, 3.05) is 7.11 Å². The molecule has 3 nitrogen and oxygen atoms in total. The number of methoxy groups -OCH3 is 1. The monoisotopic (exact) mass is 303 g/mol. The van der Waals surface area contributed by atoms with Gasteiger partial charge in [0.25, 0.3) is 0 Å². The molecule has 0 spiro atoms. The fourth-order valence-corrected chi connectivity index (χ4v) is 2.94. The third-order valence-corrected chi connectivity index (χ3v) is 4.11. The van der Waals surface area contributed by atoms with Gasteiger partial charge in [-0.2, -0.15) is 0 Å². The first-order valence-corrected chi connectivity index (χ1v) is 7.60. The summed E-state index contributed by atoms with van der Waals surface area (Å²) in [6.45, 7) is 4.08. The smallest absolute Gasteiger partial charge is 0.139 e. The van der Waals surface area contributed by atoms with E-state index in [1.165, 1.54) is 5.56 Å². The molecule has 4 aromatic rings. The Morgan fingerprint density at radius 3 is 2.43 bits per heavy atom. The molecular formula is C20H17NO2. The summed E-state index contributed by atoms with van der Waals surface area (Å²) in [6, 6.07) is 16.3. The van der Waals surface area contributed by atoms with Crippen molar-refractivity contribution in [1.29, 1.82) is 0 Å². The van der Waals surface area contributed by atoms with E-state index < -0.39 is 0 Å². The summed E-state index contributed by atoms with van der Waals surface area (Å²) in [5.41, 5.74) is 5.93. The van der Waals surface area contributed by atoms with Gasteiger partial charge >= 0.3 is 0 Å². The van der Waals surface area contributed by atoms with Gasteiger partial charge < -0.3 is 9.15 Å². The zero-order chi connectivity index (χ0) is 16.0. The quantitative estimate of drug-likeness (QED) is 0.506. The lowest BCUT2D eigenvalue weighted by atomic mass is 10.0. The first-order chi connectivity index (χ1) is 11.2. The summed E-state index contributed by atoms with van der Waals surface area (Å²) in [4.78, 5) is 4.78. The van der Waals surface area contributed by atoms with Crippen LogP contribution < -0.4 is 4.74 Å². The molecule has 0 aliphatic heterocycles. The number of aryl methyl sites for hydroxylation is 2. The highest BCUT2D eigenvalue weighted by Gasteiger charge is 2.15. The lowest BCUT2D eigenvalue weighted by Crippen LogP contribution is -1.89. The van der Waals surface area contributed by atoms with E-state index in [1.807, 2.05) is 31.2 Å². The summed E-state index contributed by atoms with van der Waals surface area (Å²) < 4.78 is 11.4. The zero-order valence-electron chi connectivity index (χ0n) is 13.4. The van der Waals surface area contributed by atoms with Crippen LogP contribution in [0.3, 0.4) is 0 Å². The number of furan rings is 1. The summed E-state index contributed by atoms with van der Waals surface area (Å²) in [7, 11) is 1.67. The van der Waals surface area contributed by atoms with Crippen LogP contribution in [0.2, 0.25) is 0 Å². The van der Waals surface area contributed by atoms with Crippen LogP contribution in [0.25, 0.3) is 33.2 Å². The van der Waals surface area contributed by atoms with Crippen LogP contribution in [-0.2, 0) is 0 Å². The van der Waals surface area contributed by atoms with Crippen LogP contribution in [-0.4, -0.2) is 12.1 Å². The summed E-state index contributed by atoms with van der Waals surface area (Å²) in [5, 5.41) is 2.07. The minimum atomic E-state index is 0.815. The number of hydrogen-bond donors (Lipinski definition) is 0. The van der Waals surface area contributed by atoms with Gasteiger partial charge in [0.15, 0.2) is 0 Å². The van der Waals surface area contributed by atoms with Crippen molar-refractivity contribution in [3.63, 3.8) is 0 Å². The highest BCUT2D eigenvalue weighted by atomic mass is 16.5. The van der Waals surface area contributed by atoms with Crippen LogP contribution in [0.15, 0.2) is 52.9 Å². The number of pyridine rings is 1. The van der Waals surface area contributed by atoms with Crippen LogP contribution in [0.4, 0.5) is 0 Å². The molecule has 0 saturated heterocycles. The van der Waals surface area contributed by atoms with E-state index in [0.29, 0.717) is 0 Å². The molecule has 0 bridgehead atoms. The molecule has 3 heteroatoms. The Morgan fingerprint density at radius 1 is 0.913 bits per heavy atom. The second-order valence-corrected chi connectivity index (χ2v) is 5.82. The summed E-state index contributed by atoms with van der Waals surface area (Å²) in [5.74, 6) is 0.815. The molecule has 0 atom stereocenters. The fourth-order valence-electron chi connectivity index (χ4n) is 2.94. The summed E-state index contributed by atoms with van der Waals surface area (Å²) >= 11 is 0. The van der Waals surface area contributed by atoms with Gasteiger partial charge in [-0.3, -0.25) is 4.98 Å². The Kier molecular flexibility index (Phi) is 3.08. The van der Waals surface area contributed by atoms with E-state index in [0.717, 1.165) is 44.6 Å². The largest absolute Gasteiger partial charge is 0.497 e. The van der Waals surface area contributed by atoms with Crippen molar-refractivity contribution < 1.29 is 9.15 Å². The standard InChI is InChI=1S/C20H17NO2/c1-12-4-6-14(7-5-12)20-19-16-11-15(22-3)8-9-17(16)23-18(19)10-13(2)21-20/h4-11H,1-3H3. The second-order valence-electron chi connectivity index (χ2n) is 5.82. The minimum Gasteiger partial charge on any atom is -0.497 e. The second kappa shape index (κ2) is 5.13. The number of ether oxygens (including phenoxy) is 1. The van der Waals surface area contributed by atoms with Gasteiger partial charge in [0.1, 0.15) is 16.9 Å². The third kappa shape index (κ3) is 2.25. The highest BCUT2D eigenvalue weighted by Crippen LogP contribution is 2.37. The van der Waals surface area contributed by atoms with E-state index >= 15 is 0 Å². The molecule has 0 aliphatic rings. The van der Waals surface area contributed by atoms with Gasteiger partial charge in [0.2, 0.25) is 0 Å². The molecule has 23 heavy (non-hydrogen) atoms. The van der Waals surface area contributed by atoms with Crippen molar-refractivity contribution in [3.8, 4) is 17.0 Å². The molecule has 2 aromatic carbocycles. The van der Waals surface area contributed by atoms with Crippen LogP contribution in [0, 0.1) is 13.8 Å². The van der Waals surface area contributed by atoms with Crippen molar-refractivity contribution in [3.05, 3.63) is 59.8 Å². The number of rotatable bonds is 2. The fraction of sp³-hybridized carbons (Fsp3) is 0.150. The lowest BCUT2D eigenvalue weighted by molar-refractivity contribution is 0.415. The zero-order valence-corrected chi connectivity index (χ0v) is 13.4. The van der Waals surface area contributed by atoms with Crippen molar-refractivity contribution in [2.24, 2.45) is 0 Å². The van der Waals surface area contributed by atoms with Crippen molar-refractivity contribution in [2.45, 2.75) is 13.8 Å². The first-order valence-electron chi connectivity index (χ1n) is 7.60. The molecule has 0 aliphatic carbocycles. The molecule has 0 unspecified atom stereocenters. The molecule has 4 rings (SSSR count). The number of aromatic nitrogens is 1. The van der Waals surface area contributed by atoms with E-state index in [9.17, 15) is 0 Å². The maximum atomic E-state index is 6.02. The minimum absolute atomic E-state index is 0.815. The Hall–Kier alpha value is -2.81. The van der Waals surface area contributed by atoms with Gasteiger partial charge in [-0.25, -0.2) is 0 Å². The van der Waals surface area contributed by atoms with Gasteiger partial charge in [-0.1, -0.05) is 29.8 Å². The number of hydrogen-bond acceptors (Lipinski definition) is 3. The summed E-state index contributed by atoms with van der Waals surface area (Å²) in [6.07, 6.45) is 0. The molecule has 0 radical (unpaired) electrons. The van der Waals surface area contributed by atoms with E-state index in [-0.39, 0.29) is 0 Å². The molecule has 2 heterocycles. The van der Waals surface area contributed by atoms with Gasteiger partial charge in [-0.05, 0) is 32.0 Å². The van der Waals surface area contributed by atoms with E-state index in [2.05, 4.69) is 31.2 Å². The molecule has 0 saturated carbocycles. The Bertz CT molecular complexity index is 1010. The average molecular weight is 303 g/mol. The maximum absolute atomic E-state index is 6.02.